The maximum atomic E-state index is 11.3. The Balaban J connectivity index is 2.25. The fourth-order valence-corrected chi connectivity index (χ4v) is 1.47. The molecule has 14 heavy (non-hydrogen) atoms. The molecule has 1 amide bonds. The van der Waals surface area contributed by atoms with Gasteiger partial charge in [0.1, 0.15) is 0 Å². The number of nitrogens with one attached hydrogen (secondary N) is 1. The van der Waals surface area contributed by atoms with Gasteiger partial charge in [0.25, 0.3) is 0 Å². The summed E-state index contributed by atoms with van der Waals surface area (Å²) in [5.74, 6) is -0.0299. The SMILES string of the molecule is CN(C)CC(=O)NC1COCC(O)C1. The normalized spacial score (nSPS) is 27.7. The van der Waals surface area contributed by atoms with Gasteiger partial charge >= 0.3 is 0 Å². The number of carbonyl (C=O) groups excluding carboxylic acids is 1. The summed E-state index contributed by atoms with van der Waals surface area (Å²) in [5.41, 5.74) is 0. The zero-order valence-corrected chi connectivity index (χ0v) is 8.69. The maximum absolute atomic E-state index is 11.3. The van der Waals surface area contributed by atoms with Crippen molar-refractivity contribution < 1.29 is 14.6 Å². The Labute approximate surface area is 84.0 Å². The Morgan fingerprint density at radius 3 is 2.86 bits per heavy atom. The average Bonchev–Trinajstić information content (AvgIpc) is 2.01. The summed E-state index contributed by atoms with van der Waals surface area (Å²) in [6, 6.07) is -0.0498. The second kappa shape index (κ2) is 5.29. The van der Waals surface area contributed by atoms with Gasteiger partial charge in [-0.1, -0.05) is 0 Å². The third kappa shape index (κ3) is 4.04. The predicted molar refractivity (Wildman–Crippen MR) is 51.9 cm³/mol. The smallest absolute Gasteiger partial charge is 0.234 e. The maximum Gasteiger partial charge on any atom is 0.234 e. The number of hydrogen-bond donors (Lipinski definition) is 2. The van der Waals surface area contributed by atoms with Crippen LogP contribution in [0, 0.1) is 0 Å². The molecule has 0 aromatic carbocycles. The highest BCUT2D eigenvalue weighted by molar-refractivity contribution is 5.78. The molecule has 0 aliphatic carbocycles. The summed E-state index contributed by atoms with van der Waals surface area (Å²) < 4.78 is 5.12. The van der Waals surface area contributed by atoms with E-state index in [1.807, 2.05) is 14.1 Å². The van der Waals surface area contributed by atoms with Crippen LogP contribution in [0.2, 0.25) is 0 Å². The standard InChI is InChI=1S/C9H18N2O3/c1-11(2)4-9(13)10-7-3-8(12)6-14-5-7/h7-8,12H,3-6H2,1-2H3,(H,10,13). The fraction of sp³-hybridized carbons (Fsp3) is 0.889. The fourth-order valence-electron chi connectivity index (χ4n) is 1.47. The van der Waals surface area contributed by atoms with Gasteiger partial charge in [-0.05, 0) is 20.5 Å². The number of aliphatic hydroxyl groups is 1. The quantitative estimate of drug-likeness (QED) is 0.604. The highest BCUT2D eigenvalue weighted by Crippen LogP contribution is 2.06. The summed E-state index contributed by atoms with van der Waals surface area (Å²) in [5, 5.41) is 12.1. The van der Waals surface area contributed by atoms with Gasteiger partial charge in [-0.25, -0.2) is 0 Å². The van der Waals surface area contributed by atoms with E-state index in [1.165, 1.54) is 0 Å². The molecule has 0 aromatic rings. The van der Waals surface area contributed by atoms with Crippen LogP contribution in [0.1, 0.15) is 6.42 Å². The minimum Gasteiger partial charge on any atom is -0.391 e. The van der Waals surface area contributed by atoms with Crippen LogP contribution >= 0.6 is 0 Å². The van der Waals surface area contributed by atoms with Crippen LogP contribution in [0.15, 0.2) is 0 Å². The van der Waals surface area contributed by atoms with E-state index < -0.39 is 6.10 Å². The summed E-state index contributed by atoms with van der Waals surface area (Å²) in [7, 11) is 3.68. The topological polar surface area (TPSA) is 61.8 Å². The van der Waals surface area contributed by atoms with E-state index in [0.29, 0.717) is 26.2 Å². The van der Waals surface area contributed by atoms with Gasteiger partial charge in [0.2, 0.25) is 5.91 Å². The molecule has 1 saturated heterocycles. The highest BCUT2D eigenvalue weighted by atomic mass is 16.5. The number of rotatable bonds is 3. The molecule has 1 heterocycles. The third-order valence-corrected chi connectivity index (χ3v) is 2.01. The van der Waals surface area contributed by atoms with Crippen LogP contribution in [0.5, 0.6) is 0 Å². The molecule has 0 saturated carbocycles. The molecule has 1 fully saturated rings. The van der Waals surface area contributed by atoms with E-state index in [0.717, 1.165) is 0 Å². The van der Waals surface area contributed by atoms with Gasteiger partial charge in [0, 0.05) is 0 Å². The predicted octanol–water partition coefficient (Wildman–Crippen LogP) is -1.19. The first-order valence-electron chi connectivity index (χ1n) is 4.78. The van der Waals surface area contributed by atoms with Crippen molar-refractivity contribution in [1.29, 1.82) is 0 Å². The Kier molecular flexibility index (Phi) is 4.31. The number of aliphatic hydroxyl groups excluding tert-OH is 1. The van der Waals surface area contributed by atoms with E-state index in [2.05, 4.69) is 5.32 Å². The zero-order chi connectivity index (χ0) is 10.6. The van der Waals surface area contributed by atoms with Gasteiger partial charge in [-0.2, -0.15) is 0 Å². The first kappa shape index (κ1) is 11.4. The molecule has 1 aliphatic heterocycles. The number of nitrogens with zero attached hydrogens (tertiary/aromatic N) is 1. The number of carbonyl (C=O) groups is 1. The van der Waals surface area contributed by atoms with Gasteiger partial charge in [-0.3, -0.25) is 4.79 Å². The first-order chi connectivity index (χ1) is 6.58. The summed E-state index contributed by atoms with van der Waals surface area (Å²) >= 11 is 0. The lowest BCUT2D eigenvalue weighted by atomic mass is 10.1. The van der Waals surface area contributed by atoms with Crippen LogP contribution in [0.25, 0.3) is 0 Å². The highest BCUT2D eigenvalue weighted by Gasteiger charge is 2.22. The molecule has 5 nitrogen and oxygen atoms in total. The van der Waals surface area contributed by atoms with Crippen LogP contribution < -0.4 is 5.32 Å². The van der Waals surface area contributed by atoms with Crippen molar-refractivity contribution in [3.63, 3.8) is 0 Å². The van der Waals surface area contributed by atoms with Crippen molar-refractivity contribution in [1.82, 2.24) is 10.2 Å². The van der Waals surface area contributed by atoms with E-state index in [9.17, 15) is 9.90 Å². The Hall–Kier alpha value is -0.650. The number of ether oxygens (including phenoxy) is 1. The molecule has 0 bridgehead atoms. The Bertz CT molecular complexity index is 196. The molecule has 2 atom stereocenters. The lowest BCUT2D eigenvalue weighted by molar-refractivity contribution is -0.124. The number of hydrogen-bond acceptors (Lipinski definition) is 4. The molecule has 82 valence electrons. The monoisotopic (exact) mass is 202 g/mol. The van der Waals surface area contributed by atoms with Crippen molar-refractivity contribution in [2.45, 2.75) is 18.6 Å². The van der Waals surface area contributed by atoms with Gasteiger partial charge in [0.05, 0.1) is 31.9 Å². The van der Waals surface area contributed by atoms with Gasteiger partial charge in [0.15, 0.2) is 0 Å². The lowest BCUT2D eigenvalue weighted by Crippen LogP contribution is -2.47. The van der Waals surface area contributed by atoms with E-state index >= 15 is 0 Å². The van der Waals surface area contributed by atoms with Crippen molar-refractivity contribution >= 4 is 5.91 Å². The number of amides is 1. The molecule has 1 aliphatic rings. The molecule has 0 aromatic heterocycles. The van der Waals surface area contributed by atoms with E-state index in [-0.39, 0.29) is 11.9 Å². The third-order valence-electron chi connectivity index (χ3n) is 2.01. The first-order valence-corrected chi connectivity index (χ1v) is 4.78. The van der Waals surface area contributed by atoms with Crippen molar-refractivity contribution in [3.8, 4) is 0 Å². The van der Waals surface area contributed by atoms with E-state index in [1.54, 1.807) is 4.90 Å². The van der Waals surface area contributed by atoms with Crippen LogP contribution in [-0.4, -0.2) is 61.9 Å². The van der Waals surface area contributed by atoms with Crippen LogP contribution in [0.3, 0.4) is 0 Å². The second-order valence-corrected chi connectivity index (χ2v) is 3.93. The molecule has 2 N–H and O–H groups in total. The van der Waals surface area contributed by atoms with Crippen LogP contribution in [-0.2, 0) is 9.53 Å². The largest absolute Gasteiger partial charge is 0.391 e. The molecule has 5 heteroatoms. The molecule has 2 unspecified atom stereocenters. The molecular weight excluding hydrogens is 184 g/mol. The zero-order valence-electron chi connectivity index (χ0n) is 8.69. The van der Waals surface area contributed by atoms with Gasteiger partial charge < -0.3 is 20.1 Å². The van der Waals surface area contributed by atoms with Crippen molar-refractivity contribution in [2.75, 3.05) is 33.9 Å². The van der Waals surface area contributed by atoms with Crippen LogP contribution in [0.4, 0.5) is 0 Å². The Morgan fingerprint density at radius 2 is 2.29 bits per heavy atom. The summed E-state index contributed by atoms with van der Waals surface area (Å²) in [4.78, 5) is 13.1. The van der Waals surface area contributed by atoms with E-state index in [4.69, 9.17) is 4.74 Å². The molecule has 1 rings (SSSR count). The average molecular weight is 202 g/mol. The van der Waals surface area contributed by atoms with Gasteiger partial charge in [-0.15, -0.1) is 0 Å². The van der Waals surface area contributed by atoms with Crippen molar-refractivity contribution in [2.24, 2.45) is 0 Å². The minimum atomic E-state index is -0.451. The summed E-state index contributed by atoms with van der Waals surface area (Å²) in [6.07, 6.45) is 0.132. The number of likely N-dealkylation sites (N-methyl/N-ethyl adjacent to an activating group) is 1. The Morgan fingerprint density at radius 1 is 1.57 bits per heavy atom. The summed E-state index contributed by atoms with van der Waals surface area (Å²) in [6.45, 7) is 1.24. The minimum absolute atomic E-state index is 0.0299. The second-order valence-electron chi connectivity index (χ2n) is 3.93. The molecular formula is C9H18N2O3. The molecule has 0 spiro atoms. The molecule has 0 radical (unpaired) electrons. The van der Waals surface area contributed by atoms with Crippen molar-refractivity contribution in [3.05, 3.63) is 0 Å². The lowest BCUT2D eigenvalue weighted by Gasteiger charge is -2.27.